The van der Waals surface area contributed by atoms with Gasteiger partial charge in [0.15, 0.2) is 0 Å². The number of benzene rings is 1. The Hall–Kier alpha value is -1.73. The van der Waals surface area contributed by atoms with Gasteiger partial charge in [-0.15, -0.1) is 0 Å². The number of aliphatic hydroxyl groups is 4. The van der Waals surface area contributed by atoms with E-state index in [1.54, 1.807) is 11.8 Å². The zero-order valence-electron chi connectivity index (χ0n) is 17.8. The minimum absolute atomic E-state index is 0.0109. The Kier molecular flexibility index (Phi) is 10.4. The Bertz CT molecular complexity index is 737. The molecule has 0 bridgehead atoms. The Balaban J connectivity index is 2.01. The van der Waals surface area contributed by atoms with E-state index in [4.69, 9.17) is 14.6 Å². The molecule has 180 valence electrons. The van der Waals surface area contributed by atoms with E-state index < -0.39 is 61.1 Å². The molecule has 11 heteroatoms. The van der Waals surface area contributed by atoms with Gasteiger partial charge in [0.25, 0.3) is 5.79 Å². The van der Waals surface area contributed by atoms with E-state index in [0.717, 1.165) is 5.75 Å². The third kappa shape index (κ3) is 7.14. The van der Waals surface area contributed by atoms with Crippen LogP contribution in [0.3, 0.4) is 0 Å². The third-order valence-corrected chi connectivity index (χ3v) is 6.18. The maximum atomic E-state index is 12.0. The van der Waals surface area contributed by atoms with Crippen LogP contribution in [0.1, 0.15) is 25.3 Å². The number of carboxylic acids is 1. The lowest BCUT2D eigenvalue weighted by Crippen LogP contribution is -2.67. The second kappa shape index (κ2) is 12.5. The largest absolute Gasteiger partial charge is 0.477 e. The van der Waals surface area contributed by atoms with Crippen LogP contribution in [-0.2, 0) is 24.8 Å². The van der Waals surface area contributed by atoms with E-state index in [1.807, 2.05) is 30.3 Å². The number of amides is 1. The highest BCUT2D eigenvalue weighted by Gasteiger charge is 2.55. The SMILES string of the molecule is CC(=O)N[C@H]1[C@H]([C@H](O)[C@H](O)CO)O[C@@](OCCCSCc2ccccc2)(C(=O)O)C[C@@H]1O. The number of nitrogens with one attached hydrogen (secondary N) is 1. The standard InChI is InChI=1S/C21H31NO9S/c1-13(24)22-17-15(25)10-21(20(28)29,31-19(17)18(27)16(26)11-23)30-8-5-9-32-12-14-6-3-2-4-7-14/h2-4,6-7,15-19,23,25-27H,5,8-12H2,1H3,(H,22,24)(H,28,29)/t15-,16+,17+,18+,19+,21+/m0/s1. The Labute approximate surface area is 190 Å². The number of carbonyl (C=O) groups excluding carboxylic acids is 1. The molecule has 0 spiro atoms. The van der Waals surface area contributed by atoms with Crippen molar-refractivity contribution in [3.05, 3.63) is 35.9 Å². The summed E-state index contributed by atoms with van der Waals surface area (Å²) in [6.07, 6.45) is -6.43. The van der Waals surface area contributed by atoms with E-state index in [2.05, 4.69) is 5.32 Å². The molecule has 1 aromatic rings. The Morgan fingerprint density at radius 2 is 2.00 bits per heavy atom. The van der Waals surface area contributed by atoms with Gasteiger partial charge in [-0.3, -0.25) is 4.79 Å². The van der Waals surface area contributed by atoms with Gasteiger partial charge < -0.3 is 40.3 Å². The van der Waals surface area contributed by atoms with Crippen LogP contribution in [0.15, 0.2) is 30.3 Å². The molecule has 6 N–H and O–H groups in total. The van der Waals surface area contributed by atoms with Gasteiger partial charge in [-0.1, -0.05) is 30.3 Å². The lowest BCUT2D eigenvalue weighted by molar-refractivity contribution is -0.311. The normalized spacial score (nSPS) is 27.5. The van der Waals surface area contributed by atoms with Crippen molar-refractivity contribution < 1.29 is 44.6 Å². The number of thioether (sulfide) groups is 1. The molecule has 6 atom stereocenters. The number of rotatable bonds is 12. The van der Waals surface area contributed by atoms with E-state index >= 15 is 0 Å². The van der Waals surface area contributed by atoms with Crippen LogP contribution in [0.2, 0.25) is 0 Å². The van der Waals surface area contributed by atoms with Crippen molar-refractivity contribution in [1.29, 1.82) is 0 Å². The maximum absolute atomic E-state index is 12.0. The molecule has 0 aromatic heterocycles. The molecule has 2 rings (SSSR count). The van der Waals surface area contributed by atoms with Crippen molar-refractivity contribution in [2.45, 2.75) is 61.8 Å². The van der Waals surface area contributed by atoms with Crippen LogP contribution in [-0.4, -0.2) is 92.6 Å². The minimum atomic E-state index is -2.28. The first-order valence-electron chi connectivity index (χ1n) is 10.3. The minimum Gasteiger partial charge on any atom is -0.477 e. The first kappa shape index (κ1) is 26.5. The van der Waals surface area contributed by atoms with Gasteiger partial charge in [0, 0.05) is 19.1 Å². The maximum Gasteiger partial charge on any atom is 0.364 e. The van der Waals surface area contributed by atoms with Gasteiger partial charge in [0.2, 0.25) is 5.91 Å². The average molecular weight is 474 g/mol. The number of carbonyl (C=O) groups is 2. The highest BCUT2D eigenvalue weighted by Crippen LogP contribution is 2.33. The molecule has 0 unspecified atom stereocenters. The van der Waals surface area contributed by atoms with E-state index in [9.17, 15) is 30.0 Å². The number of aliphatic carboxylic acids is 1. The molecule has 1 heterocycles. The van der Waals surface area contributed by atoms with E-state index in [0.29, 0.717) is 12.2 Å². The summed E-state index contributed by atoms with van der Waals surface area (Å²) in [6, 6.07) is 8.66. The predicted octanol–water partition coefficient (Wildman–Crippen LogP) is -0.524. The topological polar surface area (TPSA) is 166 Å². The molecule has 1 amide bonds. The predicted molar refractivity (Wildman–Crippen MR) is 116 cm³/mol. The van der Waals surface area contributed by atoms with Crippen molar-refractivity contribution in [2.24, 2.45) is 0 Å². The van der Waals surface area contributed by atoms with Crippen molar-refractivity contribution in [1.82, 2.24) is 5.32 Å². The van der Waals surface area contributed by atoms with E-state index in [-0.39, 0.29) is 6.61 Å². The smallest absolute Gasteiger partial charge is 0.364 e. The molecule has 1 aromatic carbocycles. The van der Waals surface area contributed by atoms with Gasteiger partial charge in [0.05, 0.1) is 25.4 Å². The van der Waals surface area contributed by atoms with Gasteiger partial charge in [-0.2, -0.15) is 11.8 Å². The molecule has 0 aliphatic carbocycles. The molecule has 1 saturated heterocycles. The second-order valence-electron chi connectivity index (χ2n) is 7.62. The van der Waals surface area contributed by atoms with Crippen molar-refractivity contribution in [3.63, 3.8) is 0 Å². The van der Waals surface area contributed by atoms with Crippen LogP contribution >= 0.6 is 11.8 Å². The van der Waals surface area contributed by atoms with Crippen molar-refractivity contribution >= 4 is 23.6 Å². The van der Waals surface area contributed by atoms with Crippen LogP contribution in [0, 0.1) is 0 Å². The summed E-state index contributed by atoms with van der Waals surface area (Å²) in [5.41, 5.74) is 1.17. The third-order valence-electron chi connectivity index (χ3n) is 5.07. The average Bonchev–Trinajstić information content (AvgIpc) is 2.77. The zero-order chi connectivity index (χ0) is 23.7. The van der Waals surface area contributed by atoms with Gasteiger partial charge >= 0.3 is 5.97 Å². The quantitative estimate of drug-likeness (QED) is 0.217. The number of ether oxygens (including phenoxy) is 2. The van der Waals surface area contributed by atoms with Gasteiger partial charge in [-0.25, -0.2) is 4.79 Å². The van der Waals surface area contributed by atoms with Crippen LogP contribution in [0.25, 0.3) is 0 Å². The van der Waals surface area contributed by atoms with Crippen molar-refractivity contribution in [2.75, 3.05) is 19.0 Å². The fraction of sp³-hybridized carbons (Fsp3) is 0.619. The summed E-state index contributed by atoms with van der Waals surface area (Å²) in [6.45, 7) is 0.363. The van der Waals surface area contributed by atoms with Crippen molar-refractivity contribution in [3.8, 4) is 0 Å². The molecule has 0 radical (unpaired) electrons. The Morgan fingerprint density at radius 1 is 1.31 bits per heavy atom. The summed E-state index contributed by atoms with van der Waals surface area (Å²) >= 11 is 1.65. The summed E-state index contributed by atoms with van der Waals surface area (Å²) in [4.78, 5) is 23.5. The van der Waals surface area contributed by atoms with Crippen LogP contribution in [0.5, 0.6) is 0 Å². The fourth-order valence-electron chi connectivity index (χ4n) is 3.44. The molecular weight excluding hydrogens is 442 g/mol. The highest BCUT2D eigenvalue weighted by molar-refractivity contribution is 7.98. The summed E-state index contributed by atoms with van der Waals surface area (Å²) in [7, 11) is 0. The number of hydrogen-bond donors (Lipinski definition) is 6. The molecule has 1 aliphatic heterocycles. The first-order valence-corrected chi connectivity index (χ1v) is 11.4. The number of hydrogen-bond acceptors (Lipinski definition) is 9. The molecule has 32 heavy (non-hydrogen) atoms. The van der Waals surface area contributed by atoms with Crippen LogP contribution in [0.4, 0.5) is 0 Å². The van der Waals surface area contributed by atoms with Gasteiger partial charge in [0.1, 0.15) is 18.3 Å². The molecular formula is C21H31NO9S. The highest BCUT2D eigenvalue weighted by atomic mass is 32.2. The second-order valence-corrected chi connectivity index (χ2v) is 8.72. The van der Waals surface area contributed by atoms with Crippen LogP contribution < -0.4 is 5.32 Å². The summed E-state index contributed by atoms with van der Waals surface area (Å²) in [5, 5.41) is 52.1. The number of carboxylic acid groups (broad SMARTS) is 1. The Morgan fingerprint density at radius 3 is 2.59 bits per heavy atom. The molecule has 1 fully saturated rings. The first-order chi connectivity index (χ1) is 15.2. The van der Waals surface area contributed by atoms with Gasteiger partial charge in [-0.05, 0) is 17.7 Å². The molecule has 0 saturated carbocycles. The lowest BCUT2D eigenvalue weighted by atomic mass is 9.88. The number of aliphatic hydroxyl groups excluding tert-OH is 4. The molecule has 10 nitrogen and oxygen atoms in total. The summed E-state index contributed by atoms with van der Waals surface area (Å²) in [5.74, 6) is -2.85. The fourth-order valence-corrected chi connectivity index (χ4v) is 4.33. The molecule has 1 aliphatic rings. The van der Waals surface area contributed by atoms with E-state index in [1.165, 1.54) is 12.5 Å². The monoisotopic (exact) mass is 473 g/mol. The zero-order valence-corrected chi connectivity index (χ0v) is 18.6. The summed E-state index contributed by atoms with van der Waals surface area (Å²) < 4.78 is 11.1. The lowest BCUT2D eigenvalue weighted by Gasteiger charge is -2.46.